The number of H-pyrrole nitrogens is 1. The standard InChI is InChI=1S/C23H31F2N5O/c1-2-14-9-15-11-18(24)19(25)12-16(15)10-17(14)13-26-20-5-3-4-6-21(20)28-23(31)29-22-7-8-27-30-22/h7-8,11-12,14,17,20-21,26H,2-6,9-10,13H2,1H3,(H3,27,28,29,30,31). The highest BCUT2D eigenvalue weighted by atomic mass is 19.2. The first-order chi connectivity index (χ1) is 15.0. The second-order valence-electron chi connectivity index (χ2n) is 8.85. The third-order valence-electron chi connectivity index (χ3n) is 6.87. The summed E-state index contributed by atoms with van der Waals surface area (Å²) in [6.45, 7) is 2.97. The van der Waals surface area contributed by atoms with Gasteiger partial charge in [-0.15, -0.1) is 0 Å². The largest absolute Gasteiger partial charge is 0.334 e. The van der Waals surface area contributed by atoms with Crippen molar-refractivity contribution >= 4 is 11.8 Å². The summed E-state index contributed by atoms with van der Waals surface area (Å²) in [7, 11) is 0. The van der Waals surface area contributed by atoms with Gasteiger partial charge in [0.05, 0.1) is 6.20 Å². The summed E-state index contributed by atoms with van der Waals surface area (Å²) in [5, 5.41) is 16.1. The molecule has 0 aliphatic heterocycles. The van der Waals surface area contributed by atoms with Crippen molar-refractivity contribution < 1.29 is 13.6 Å². The van der Waals surface area contributed by atoms with E-state index in [1.54, 1.807) is 12.3 Å². The molecule has 2 amide bonds. The van der Waals surface area contributed by atoms with E-state index in [2.05, 4.69) is 33.1 Å². The maximum absolute atomic E-state index is 13.8. The lowest BCUT2D eigenvalue weighted by Gasteiger charge is -2.37. The van der Waals surface area contributed by atoms with E-state index in [4.69, 9.17) is 0 Å². The molecule has 4 N–H and O–H groups in total. The van der Waals surface area contributed by atoms with Crippen molar-refractivity contribution in [2.75, 3.05) is 11.9 Å². The molecule has 8 heteroatoms. The van der Waals surface area contributed by atoms with Gasteiger partial charge in [0, 0.05) is 18.2 Å². The topological polar surface area (TPSA) is 81.8 Å². The van der Waals surface area contributed by atoms with Crippen molar-refractivity contribution in [1.29, 1.82) is 0 Å². The van der Waals surface area contributed by atoms with Crippen LogP contribution in [0.3, 0.4) is 0 Å². The lowest BCUT2D eigenvalue weighted by molar-refractivity contribution is 0.222. The number of carbonyl (C=O) groups is 1. The first kappa shape index (κ1) is 21.7. The predicted octanol–water partition coefficient (Wildman–Crippen LogP) is 4.15. The van der Waals surface area contributed by atoms with Gasteiger partial charge in [-0.05, 0) is 67.3 Å². The van der Waals surface area contributed by atoms with Crippen LogP contribution in [0, 0.1) is 23.5 Å². The minimum Gasteiger partial charge on any atom is -0.334 e. The second kappa shape index (κ2) is 9.77. The van der Waals surface area contributed by atoms with E-state index in [9.17, 15) is 13.6 Å². The number of urea groups is 1. The second-order valence-corrected chi connectivity index (χ2v) is 8.85. The van der Waals surface area contributed by atoms with Crippen molar-refractivity contribution in [2.24, 2.45) is 11.8 Å². The highest BCUT2D eigenvalue weighted by molar-refractivity contribution is 5.88. The van der Waals surface area contributed by atoms with Crippen LogP contribution in [0.2, 0.25) is 0 Å². The zero-order chi connectivity index (χ0) is 21.8. The van der Waals surface area contributed by atoms with Crippen molar-refractivity contribution in [1.82, 2.24) is 20.8 Å². The van der Waals surface area contributed by atoms with Crippen LogP contribution in [0.25, 0.3) is 0 Å². The van der Waals surface area contributed by atoms with E-state index in [1.165, 1.54) is 12.1 Å². The van der Waals surface area contributed by atoms with Gasteiger partial charge in [-0.25, -0.2) is 13.6 Å². The Morgan fingerprint density at radius 2 is 1.77 bits per heavy atom. The van der Waals surface area contributed by atoms with Crippen LogP contribution in [0.15, 0.2) is 24.4 Å². The van der Waals surface area contributed by atoms with Crippen molar-refractivity contribution in [2.45, 2.75) is 64.0 Å². The molecule has 4 unspecified atom stereocenters. The van der Waals surface area contributed by atoms with E-state index in [-0.39, 0.29) is 18.1 Å². The SMILES string of the molecule is CCC1Cc2cc(F)c(F)cc2CC1CNC1CCCCC1NC(=O)Nc1ccn[nH]1. The molecule has 0 saturated heterocycles. The predicted molar refractivity (Wildman–Crippen MR) is 116 cm³/mol. The maximum Gasteiger partial charge on any atom is 0.320 e. The van der Waals surface area contributed by atoms with Gasteiger partial charge in [0.25, 0.3) is 0 Å². The first-order valence-electron chi connectivity index (χ1n) is 11.3. The number of aromatic nitrogens is 2. The zero-order valence-corrected chi connectivity index (χ0v) is 17.9. The van der Waals surface area contributed by atoms with Crippen LogP contribution in [-0.4, -0.2) is 34.9 Å². The molecular weight excluding hydrogens is 400 g/mol. The van der Waals surface area contributed by atoms with Crippen LogP contribution in [-0.2, 0) is 12.8 Å². The fraction of sp³-hybridized carbons (Fsp3) is 0.565. The molecule has 1 aromatic carbocycles. The van der Waals surface area contributed by atoms with Crippen LogP contribution in [0.5, 0.6) is 0 Å². The van der Waals surface area contributed by atoms with Crippen molar-refractivity contribution in [3.63, 3.8) is 0 Å². The van der Waals surface area contributed by atoms with E-state index in [0.29, 0.717) is 17.7 Å². The molecular formula is C23H31F2N5O. The normalized spacial score (nSPS) is 25.6. The number of aromatic amines is 1. The van der Waals surface area contributed by atoms with Crippen LogP contribution >= 0.6 is 0 Å². The highest BCUT2D eigenvalue weighted by Gasteiger charge is 2.31. The minimum absolute atomic E-state index is 0.0548. The molecule has 4 atom stereocenters. The fourth-order valence-electron chi connectivity index (χ4n) is 5.13. The number of fused-ring (bicyclic) bond motifs is 1. The van der Waals surface area contributed by atoms with Crippen LogP contribution in [0.4, 0.5) is 19.4 Å². The number of carbonyl (C=O) groups excluding carboxylic acids is 1. The highest BCUT2D eigenvalue weighted by Crippen LogP contribution is 2.33. The molecule has 168 valence electrons. The summed E-state index contributed by atoms with van der Waals surface area (Å²) in [6.07, 6.45) is 8.30. The summed E-state index contributed by atoms with van der Waals surface area (Å²) in [5.41, 5.74) is 1.86. The molecule has 1 aromatic heterocycles. The zero-order valence-electron chi connectivity index (χ0n) is 17.9. The Balaban J connectivity index is 1.36. The third-order valence-corrected chi connectivity index (χ3v) is 6.87. The van der Waals surface area contributed by atoms with E-state index in [0.717, 1.165) is 62.6 Å². The number of anilines is 1. The number of hydrogen-bond acceptors (Lipinski definition) is 3. The molecule has 0 radical (unpaired) electrons. The maximum atomic E-state index is 13.8. The number of benzene rings is 1. The molecule has 2 aliphatic carbocycles. The van der Waals surface area contributed by atoms with Crippen LogP contribution in [0.1, 0.15) is 50.2 Å². The molecule has 0 bridgehead atoms. The molecule has 1 saturated carbocycles. The van der Waals surface area contributed by atoms with E-state index < -0.39 is 11.6 Å². The van der Waals surface area contributed by atoms with Crippen molar-refractivity contribution in [3.05, 3.63) is 47.2 Å². The summed E-state index contributed by atoms with van der Waals surface area (Å²) in [6, 6.07) is 4.46. The van der Waals surface area contributed by atoms with Gasteiger partial charge in [-0.2, -0.15) is 5.10 Å². The summed E-state index contributed by atoms with van der Waals surface area (Å²) < 4.78 is 27.4. The smallest absolute Gasteiger partial charge is 0.320 e. The van der Waals surface area contributed by atoms with Crippen LogP contribution < -0.4 is 16.0 Å². The van der Waals surface area contributed by atoms with Gasteiger partial charge in [-0.3, -0.25) is 10.4 Å². The molecule has 2 aliphatic rings. The minimum atomic E-state index is -0.764. The third kappa shape index (κ3) is 5.23. The first-order valence-corrected chi connectivity index (χ1v) is 11.3. The van der Waals surface area contributed by atoms with Gasteiger partial charge < -0.3 is 10.6 Å². The Labute approximate surface area is 181 Å². The molecule has 31 heavy (non-hydrogen) atoms. The monoisotopic (exact) mass is 431 g/mol. The van der Waals surface area contributed by atoms with Crippen molar-refractivity contribution in [3.8, 4) is 0 Å². The lowest BCUT2D eigenvalue weighted by atomic mass is 9.74. The summed E-state index contributed by atoms with van der Waals surface area (Å²) >= 11 is 0. The Hall–Kier alpha value is -2.48. The molecule has 1 heterocycles. The Morgan fingerprint density at radius 3 is 2.42 bits per heavy atom. The number of nitrogens with one attached hydrogen (secondary N) is 4. The molecule has 0 spiro atoms. The Bertz CT molecular complexity index is 888. The molecule has 2 aromatic rings. The van der Waals surface area contributed by atoms with Gasteiger partial charge in [0.1, 0.15) is 5.82 Å². The summed E-state index contributed by atoms with van der Waals surface area (Å²) in [4.78, 5) is 12.4. The number of hydrogen-bond donors (Lipinski definition) is 4. The Kier molecular flexibility index (Phi) is 6.85. The molecule has 6 nitrogen and oxygen atoms in total. The number of rotatable bonds is 6. The lowest BCUT2D eigenvalue weighted by Crippen LogP contribution is -2.54. The average Bonchev–Trinajstić information content (AvgIpc) is 3.26. The number of amides is 2. The van der Waals surface area contributed by atoms with E-state index >= 15 is 0 Å². The van der Waals surface area contributed by atoms with Gasteiger partial charge >= 0.3 is 6.03 Å². The Morgan fingerprint density at radius 1 is 1.10 bits per heavy atom. The molecule has 4 rings (SSSR count). The van der Waals surface area contributed by atoms with Gasteiger partial charge in [0.15, 0.2) is 11.6 Å². The quantitative estimate of drug-likeness (QED) is 0.555. The summed E-state index contributed by atoms with van der Waals surface area (Å²) in [5.74, 6) is -0.157. The van der Waals surface area contributed by atoms with E-state index in [1.807, 2.05) is 0 Å². The number of halogens is 2. The average molecular weight is 432 g/mol. The molecule has 1 fully saturated rings. The fourth-order valence-corrected chi connectivity index (χ4v) is 5.13. The van der Waals surface area contributed by atoms with Gasteiger partial charge in [0.2, 0.25) is 0 Å². The van der Waals surface area contributed by atoms with Gasteiger partial charge in [-0.1, -0.05) is 26.2 Å². The number of nitrogens with zero attached hydrogens (tertiary/aromatic N) is 1.